The first-order valence-electron chi connectivity index (χ1n) is 9.01. The van der Waals surface area contributed by atoms with Gasteiger partial charge in [0.15, 0.2) is 0 Å². The summed E-state index contributed by atoms with van der Waals surface area (Å²) in [6.45, 7) is 9.71. The molecule has 25 heavy (non-hydrogen) atoms. The summed E-state index contributed by atoms with van der Waals surface area (Å²) in [4.78, 5) is 4.73. The summed E-state index contributed by atoms with van der Waals surface area (Å²) in [6, 6.07) is 16.9. The molecule has 1 aliphatic rings. The molecule has 132 valence electrons. The second kappa shape index (κ2) is 7.40. The van der Waals surface area contributed by atoms with Gasteiger partial charge >= 0.3 is 0 Å². The zero-order chi connectivity index (χ0) is 17.9. The van der Waals surface area contributed by atoms with Crippen LogP contribution in [-0.2, 0) is 16.1 Å². The van der Waals surface area contributed by atoms with E-state index in [0.717, 1.165) is 23.4 Å². The van der Waals surface area contributed by atoms with E-state index in [1.54, 1.807) is 0 Å². The van der Waals surface area contributed by atoms with E-state index in [-0.39, 0.29) is 5.54 Å². The van der Waals surface area contributed by atoms with E-state index >= 15 is 0 Å². The molecule has 0 radical (unpaired) electrons. The maximum atomic E-state index is 5.85. The van der Waals surface area contributed by atoms with Gasteiger partial charge in [0, 0.05) is 5.56 Å². The summed E-state index contributed by atoms with van der Waals surface area (Å²) in [5, 5.41) is 0. The van der Waals surface area contributed by atoms with Crippen LogP contribution in [0.1, 0.15) is 45.2 Å². The van der Waals surface area contributed by atoms with E-state index in [4.69, 9.17) is 14.5 Å². The highest BCUT2D eigenvalue weighted by Gasteiger charge is 2.28. The van der Waals surface area contributed by atoms with E-state index in [9.17, 15) is 0 Å². The van der Waals surface area contributed by atoms with Gasteiger partial charge in [-0.3, -0.25) is 0 Å². The number of aliphatic imine (C=N–C) groups is 1. The molecule has 0 aromatic heterocycles. The molecule has 0 saturated carbocycles. The fraction of sp³-hybridized carbons (Fsp3) is 0.409. The van der Waals surface area contributed by atoms with Crippen LogP contribution in [-0.4, -0.2) is 24.1 Å². The van der Waals surface area contributed by atoms with Crippen LogP contribution in [0.2, 0.25) is 0 Å². The lowest BCUT2D eigenvalue weighted by Gasteiger charge is -2.12. The van der Waals surface area contributed by atoms with Gasteiger partial charge in [0.05, 0.1) is 18.2 Å². The lowest BCUT2D eigenvalue weighted by atomic mass is 9.98. The fourth-order valence-corrected chi connectivity index (χ4v) is 2.78. The van der Waals surface area contributed by atoms with Gasteiger partial charge in [0.25, 0.3) is 0 Å². The monoisotopic (exact) mass is 337 g/mol. The van der Waals surface area contributed by atoms with Crippen LogP contribution in [0.5, 0.6) is 0 Å². The zero-order valence-corrected chi connectivity index (χ0v) is 15.6. The van der Waals surface area contributed by atoms with Crippen molar-refractivity contribution in [1.29, 1.82) is 0 Å². The number of nitrogens with zero attached hydrogens (tertiary/aromatic N) is 1. The van der Waals surface area contributed by atoms with Gasteiger partial charge < -0.3 is 9.47 Å². The van der Waals surface area contributed by atoms with Crippen LogP contribution in [0.4, 0.5) is 0 Å². The Balaban J connectivity index is 1.83. The molecule has 1 heterocycles. The molecule has 0 spiro atoms. The molecule has 0 N–H and O–H groups in total. The Morgan fingerprint density at radius 1 is 1.08 bits per heavy atom. The molecule has 0 bridgehead atoms. The molecule has 1 aliphatic heterocycles. The molecular weight excluding hydrogens is 310 g/mol. The van der Waals surface area contributed by atoms with Gasteiger partial charge in [0.2, 0.25) is 5.90 Å². The number of benzene rings is 2. The van der Waals surface area contributed by atoms with Crippen LogP contribution in [0.3, 0.4) is 0 Å². The van der Waals surface area contributed by atoms with Gasteiger partial charge in [-0.05, 0) is 49.9 Å². The van der Waals surface area contributed by atoms with E-state index in [1.807, 2.05) is 6.07 Å². The van der Waals surface area contributed by atoms with Crippen molar-refractivity contribution >= 4 is 5.90 Å². The van der Waals surface area contributed by atoms with Crippen molar-refractivity contribution in [2.24, 2.45) is 4.99 Å². The molecule has 3 nitrogen and oxygen atoms in total. The highest BCUT2D eigenvalue weighted by atomic mass is 16.5. The first-order chi connectivity index (χ1) is 12.0. The summed E-state index contributed by atoms with van der Waals surface area (Å²) < 4.78 is 11.7. The topological polar surface area (TPSA) is 30.8 Å². The predicted molar refractivity (Wildman–Crippen MR) is 103 cm³/mol. The minimum Gasteiger partial charge on any atom is -0.475 e. The average molecular weight is 337 g/mol. The lowest BCUT2D eigenvalue weighted by molar-refractivity contribution is 0.0508. The molecule has 3 heteroatoms. The van der Waals surface area contributed by atoms with Crippen LogP contribution in [0.25, 0.3) is 11.1 Å². The highest BCUT2D eigenvalue weighted by Crippen LogP contribution is 2.29. The Morgan fingerprint density at radius 2 is 1.76 bits per heavy atom. The number of hydrogen-bond acceptors (Lipinski definition) is 3. The number of hydrogen-bond donors (Lipinski definition) is 0. The van der Waals surface area contributed by atoms with Crippen molar-refractivity contribution in [3.8, 4) is 11.1 Å². The molecular formula is C22H27NO2. The lowest BCUT2D eigenvalue weighted by Crippen LogP contribution is -2.17. The molecule has 0 fully saturated rings. The average Bonchev–Trinajstić information content (AvgIpc) is 3.00. The first kappa shape index (κ1) is 17.7. The predicted octanol–water partition coefficient (Wildman–Crippen LogP) is 5.22. The number of ether oxygens (including phenoxy) is 2. The standard InChI is InChI=1S/C22H27NO2/c1-5-16(2)24-14-17-10-12-18(13-11-17)19-8-6-7-9-20(19)21-23-22(3,4)15-25-21/h6-13,16H,5,14-15H2,1-4H3. The van der Waals surface area contributed by atoms with E-state index in [1.165, 1.54) is 11.1 Å². The summed E-state index contributed by atoms with van der Waals surface area (Å²) in [5.74, 6) is 0.741. The summed E-state index contributed by atoms with van der Waals surface area (Å²) in [5.41, 5.74) is 4.40. The summed E-state index contributed by atoms with van der Waals surface area (Å²) in [6.07, 6.45) is 1.32. The third-order valence-electron chi connectivity index (χ3n) is 4.50. The Hall–Kier alpha value is -2.13. The molecule has 1 atom stereocenters. The Labute approximate surface area is 150 Å². The van der Waals surface area contributed by atoms with Crippen molar-refractivity contribution in [1.82, 2.24) is 0 Å². The van der Waals surface area contributed by atoms with E-state index in [2.05, 4.69) is 70.2 Å². The fourth-order valence-electron chi connectivity index (χ4n) is 2.78. The quantitative estimate of drug-likeness (QED) is 0.723. The van der Waals surface area contributed by atoms with Gasteiger partial charge in [-0.25, -0.2) is 4.99 Å². The van der Waals surface area contributed by atoms with Gasteiger partial charge in [-0.1, -0.05) is 49.4 Å². The van der Waals surface area contributed by atoms with Crippen LogP contribution < -0.4 is 0 Å². The highest BCUT2D eigenvalue weighted by molar-refractivity contribution is 6.01. The molecule has 0 amide bonds. The van der Waals surface area contributed by atoms with Crippen molar-refractivity contribution in [2.75, 3.05) is 6.61 Å². The van der Waals surface area contributed by atoms with Gasteiger partial charge in [-0.15, -0.1) is 0 Å². The summed E-state index contributed by atoms with van der Waals surface area (Å²) >= 11 is 0. The molecule has 2 aromatic rings. The van der Waals surface area contributed by atoms with Crippen molar-refractivity contribution in [2.45, 2.75) is 52.4 Å². The Kier molecular flexibility index (Phi) is 5.24. The smallest absolute Gasteiger partial charge is 0.217 e. The van der Waals surface area contributed by atoms with E-state index in [0.29, 0.717) is 19.3 Å². The SMILES string of the molecule is CCC(C)OCc1ccc(-c2ccccc2C2=NC(C)(C)CO2)cc1. The maximum Gasteiger partial charge on any atom is 0.217 e. The zero-order valence-electron chi connectivity index (χ0n) is 15.6. The largest absolute Gasteiger partial charge is 0.475 e. The van der Waals surface area contributed by atoms with Crippen molar-refractivity contribution in [3.63, 3.8) is 0 Å². The van der Waals surface area contributed by atoms with E-state index < -0.39 is 0 Å². The number of rotatable bonds is 6. The van der Waals surface area contributed by atoms with Crippen molar-refractivity contribution in [3.05, 3.63) is 59.7 Å². The van der Waals surface area contributed by atoms with Crippen LogP contribution >= 0.6 is 0 Å². The molecule has 0 aliphatic carbocycles. The molecule has 3 rings (SSSR count). The first-order valence-corrected chi connectivity index (χ1v) is 9.01. The van der Waals surface area contributed by atoms with Crippen LogP contribution in [0.15, 0.2) is 53.5 Å². The second-order valence-corrected chi connectivity index (χ2v) is 7.29. The van der Waals surface area contributed by atoms with Gasteiger partial charge in [-0.2, -0.15) is 0 Å². The second-order valence-electron chi connectivity index (χ2n) is 7.29. The van der Waals surface area contributed by atoms with Gasteiger partial charge in [0.1, 0.15) is 6.61 Å². The maximum absolute atomic E-state index is 5.85. The molecule has 0 saturated heterocycles. The minimum absolute atomic E-state index is 0.153. The summed E-state index contributed by atoms with van der Waals surface area (Å²) in [7, 11) is 0. The molecule has 2 aromatic carbocycles. The Bertz CT molecular complexity index is 747. The minimum atomic E-state index is -0.153. The van der Waals surface area contributed by atoms with Crippen molar-refractivity contribution < 1.29 is 9.47 Å². The third-order valence-corrected chi connectivity index (χ3v) is 4.50. The van der Waals surface area contributed by atoms with Crippen LogP contribution in [0, 0.1) is 0 Å². The Morgan fingerprint density at radius 3 is 2.36 bits per heavy atom. The molecule has 1 unspecified atom stereocenters. The third kappa shape index (κ3) is 4.29. The normalized spacial score (nSPS) is 17.0.